The lowest BCUT2D eigenvalue weighted by molar-refractivity contribution is -0.170. The summed E-state index contributed by atoms with van der Waals surface area (Å²) in [5.74, 6) is -0.803. The molecule has 3 atom stereocenters. The zero-order valence-electron chi connectivity index (χ0n) is 25.3. The topological polar surface area (TPSA) is 106 Å². The number of carbonyl (C=O) groups excluding carboxylic acids is 2. The van der Waals surface area contributed by atoms with Gasteiger partial charge in [0.2, 0.25) is 6.29 Å². The standard InChI is InChI=1S/C33H44N2O7/c1-22(2)31(38)40-23(3)41-32(39)35-21-28(20-29(35)30(36)37)42-27-13-9-10-25(19-27)18-24-14-16-33(17-15-24,34(4)5)26-11-7-6-8-12-26/h6-13,19,22-24,28-29H,14-18,20-21H2,1-5H3,(H,36,37)/t23?,24?,28-,29-,33?/m0/s1. The second kappa shape index (κ2) is 13.6. The lowest BCUT2D eigenvalue weighted by atomic mass is 9.70. The molecule has 0 aromatic heterocycles. The van der Waals surface area contributed by atoms with E-state index in [2.05, 4.69) is 55.4 Å². The van der Waals surface area contributed by atoms with Crippen molar-refractivity contribution in [3.63, 3.8) is 0 Å². The van der Waals surface area contributed by atoms with Gasteiger partial charge in [0.1, 0.15) is 17.9 Å². The molecule has 0 spiro atoms. The molecule has 2 aromatic rings. The molecule has 1 aliphatic heterocycles. The molecule has 1 aliphatic carbocycles. The number of benzene rings is 2. The summed E-state index contributed by atoms with van der Waals surface area (Å²) in [6, 6.07) is 17.6. The van der Waals surface area contributed by atoms with E-state index in [4.69, 9.17) is 14.2 Å². The smallest absolute Gasteiger partial charge is 0.413 e. The lowest BCUT2D eigenvalue weighted by Gasteiger charge is -2.45. The first-order valence-corrected chi connectivity index (χ1v) is 14.9. The minimum atomic E-state index is -1.14. The maximum atomic E-state index is 12.8. The average molecular weight is 581 g/mol. The first-order valence-electron chi connectivity index (χ1n) is 14.9. The van der Waals surface area contributed by atoms with Crippen molar-refractivity contribution < 1.29 is 33.7 Å². The van der Waals surface area contributed by atoms with Gasteiger partial charge in [-0.2, -0.15) is 0 Å². The molecule has 42 heavy (non-hydrogen) atoms. The maximum Gasteiger partial charge on any atom is 0.413 e. The number of hydrogen-bond donors (Lipinski definition) is 1. The van der Waals surface area contributed by atoms with Crippen molar-refractivity contribution >= 4 is 18.0 Å². The molecule has 9 heteroatoms. The minimum absolute atomic E-state index is 0.0552. The fourth-order valence-corrected chi connectivity index (χ4v) is 6.23. The molecule has 1 saturated heterocycles. The van der Waals surface area contributed by atoms with Crippen LogP contribution >= 0.6 is 0 Å². The van der Waals surface area contributed by atoms with E-state index in [0.29, 0.717) is 11.7 Å². The number of likely N-dealkylation sites (tertiary alicyclic amines) is 1. The molecule has 1 saturated carbocycles. The van der Waals surface area contributed by atoms with Crippen molar-refractivity contribution in [2.75, 3.05) is 20.6 Å². The van der Waals surface area contributed by atoms with E-state index in [9.17, 15) is 19.5 Å². The van der Waals surface area contributed by atoms with Crippen LogP contribution in [0.15, 0.2) is 54.6 Å². The SMILES string of the molecule is CC(OC(=O)C(C)C)OC(=O)N1C[C@@H](Oc2cccc(CC3CCC(c4ccccc4)(N(C)C)CC3)c2)C[C@H]1C(=O)O. The number of aliphatic carboxylic acids is 1. The summed E-state index contributed by atoms with van der Waals surface area (Å²) < 4.78 is 16.5. The Morgan fingerprint density at radius 3 is 2.31 bits per heavy atom. The summed E-state index contributed by atoms with van der Waals surface area (Å²) >= 11 is 0. The molecule has 4 rings (SSSR count). The third kappa shape index (κ3) is 7.43. The van der Waals surface area contributed by atoms with Crippen LogP contribution in [0.2, 0.25) is 0 Å². The van der Waals surface area contributed by atoms with Crippen LogP contribution in [0.25, 0.3) is 0 Å². The van der Waals surface area contributed by atoms with Gasteiger partial charge < -0.3 is 19.3 Å². The number of esters is 1. The summed E-state index contributed by atoms with van der Waals surface area (Å²) in [5.41, 5.74) is 2.62. The molecule has 0 radical (unpaired) electrons. The van der Waals surface area contributed by atoms with Gasteiger partial charge in [0.15, 0.2) is 0 Å². The van der Waals surface area contributed by atoms with E-state index in [1.807, 2.05) is 18.2 Å². The first-order chi connectivity index (χ1) is 20.0. The monoisotopic (exact) mass is 580 g/mol. The van der Waals surface area contributed by atoms with Gasteiger partial charge in [-0.25, -0.2) is 9.59 Å². The third-order valence-corrected chi connectivity index (χ3v) is 8.63. The molecule has 9 nitrogen and oxygen atoms in total. The fraction of sp³-hybridized carbons (Fsp3) is 0.545. The number of ether oxygens (including phenoxy) is 3. The Labute approximate surface area is 248 Å². The highest BCUT2D eigenvalue weighted by Crippen LogP contribution is 2.44. The van der Waals surface area contributed by atoms with Gasteiger partial charge in [-0.1, -0.05) is 56.3 Å². The zero-order valence-corrected chi connectivity index (χ0v) is 25.3. The Morgan fingerprint density at radius 1 is 1.00 bits per heavy atom. The predicted octanol–water partition coefficient (Wildman–Crippen LogP) is 5.46. The first kappa shape index (κ1) is 31.3. The Morgan fingerprint density at radius 2 is 1.69 bits per heavy atom. The van der Waals surface area contributed by atoms with Gasteiger partial charge >= 0.3 is 18.0 Å². The summed E-state index contributed by atoms with van der Waals surface area (Å²) in [6.45, 7) is 4.83. The zero-order chi connectivity index (χ0) is 30.4. The van der Waals surface area contributed by atoms with E-state index >= 15 is 0 Å². The van der Waals surface area contributed by atoms with Crippen LogP contribution in [0.1, 0.15) is 64.0 Å². The molecule has 1 heterocycles. The van der Waals surface area contributed by atoms with Gasteiger partial charge in [-0.15, -0.1) is 0 Å². The Hall–Kier alpha value is -3.59. The summed E-state index contributed by atoms with van der Waals surface area (Å²) in [4.78, 5) is 40.0. The van der Waals surface area contributed by atoms with Crippen molar-refractivity contribution in [1.29, 1.82) is 0 Å². The van der Waals surface area contributed by atoms with Crippen LogP contribution < -0.4 is 4.74 Å². The van der Waals surface area contributed by atoms with Crippen molar-refractivity contribution in [2.24, 2.45) is 11.8 Å². The number of rotatable bonds is 10. The van der Waals surface area contributed by atoms with E-state index in [-0.39, 0.29) is 24.4 Å². The van der Waals surface area contributed by atoms with Crippen LogP contribution in [-0.4, -0.2) is 72.0 Å². The van der Waals surface area contributed by atoms with E-state index in [1.54, 1.807) is 13.8 Å². The Bertz CT molecular complexity index is 1220. The lowest BCUT2D eigenvalue weighted by Crippen LogP contribution is -2.44. The molecular formula is C33H44N2O7. The third-order valence-electron chi connectivity index (χ3n) is 8.63. The molecule has 2 aliphatic rings. The van der Waals surface area contributed by atoms with Crippen molar-refractivity contribution in [3.8, 4) is 5.75 Å². The fourth-order valence-electron chi connectivity index (χ4n) is 6.23. The number of carboxylic acid groups (broad SMARTS) is 1. The van der Waals surface area contributed by atoms with Crippen LogP contribution in [-0.2, 0) is 31.0 Å². The highest BCUT2D eigenvalue weighted by Gasteiger charge is 2.43. The van der Waals surface area contributed by atoms with Gasteiger partial charge in [-0.05, 0) is 75.4 Å². The molecule has 1 unspecified atom stereocenters. The Balaban J connectivity index is 1.34. The molecule has 1 N–H and O–H groups in total. The minimum Gasteiger partial charge on any atom is -0.488 e. The molecule has 0 bridgehead atoms. The van der Waals surface area contributed by atoms with E-state index in [0.717, 1.165) is 37.0 Å². The van der Waals surface area contributed by atoms with Crippen molar-refractivity contribution in [1.82, 2.24) is 9.80 Å². The van der Waals surface area contributed by atoms with Crippen molar-refractivity contribution in [3.05, 3.63) is 65.7 Å². The molecule has 1 amide bonds. The van der Waals surface area contributed by atoms with Crippen LogP contribution in [0.5, 0.6) is 5.75 Å². The van der Waals surface area contributed by atoms with Crippen LogP contribution in [0.3, 0.4) is 0 Å². The average Bonchev–Trinajstić information content (AvgIpc) is 3.38. The van der Waals surface area contributed by atoms with E-state index < -0.39 is 36.5 Å². The second-order valence-electron chi connectivity index (χ2n) is 12.1. The van der Waals surface area contributed by atoms with Gasteiger partial charge in [0.05, 0.1) is 12.5 Å². The summed E-state index contributed by atoms with van der Waals surface area (Å²) in [6.07, 6.45) is 3.04. The number of nitrogens with zero attached hydrogens (tertiary/aromatic N) is 2. The van der Waals surface area contributed by atoms with Gasteiger partial charge in [0.25, 0.3) is 0 Å². The number of amides is 1. The molecule has 2 fully saturated rings. The Kier molecular flexibility index (Phi) is 10.1. The largest absolute Gasteiger partial charge is 0.488 e. The number of carbonyl (C=O) groups is 3. The summed E-state index contributed by atoms with van der Waals surface area (Å²) in [5, 5.41) is 9.75. The summed E-state index contributed by atoms with van der Waals surface area (Å²) in [7, 11) is 4.35. The highest BCUT2D eigenvalue weighted by molar-refractivity contribution is 5.81. The van der Waals surface area contributed by atoms with E-state index in [1.165, 1.54) is 18.1 Å². The normalized spacial score (nSPS) is 24.8. The quantitative estimate of drug-likeness (QED) is 0.292. The maximum absolute atomic E-state index is 12.8. The van der Waals surface area contributed by atoms with Gasteiger partial charge in [0, 0.05) is 18.9 Å². The highest BCUT2D eigenvalue weighted by atomic mass is 16.7. The van der Waals surface area contributed by atoms with Gasteiger partial charge in [-0.3, -0.25) is 14.6 Å². The molecule has 2 aromatic carbocycles. The molecular weight excluding hydrogens is 536 g/mol. The number of carboxylic acids is 1. The number of hydrogen-bond acceptors (Lipinski definition) is 7. The molecule has 228 valence electrons. The predicted molar refractivity (Wildman–Crippen MR) is 158 cm³/mol. The van der Waals surface area contributed by atoms with Crippen LogP contribution in [0.4, 0.5) is 4.79 Å². The van der Waals surface area contributed by atoms with Crippen molar-refractivity contribution in [2.45, 2.75) is 83.3 Å². The van der Waals surface area contributed by atoms with Crippen LogP contribution in [0, 0.1) is 11.8 Å². The second-order valence-corrected chi connectivity index (χ2v) is 12.1.